The lowest BCUT2D eigenvalue weighted by Gasteiger charge is -2.17. The highest BCUT2D eigenvalue weighted by molar-refractivity contribution is 4.79. The van der Waals surface area contributed by atoms with E-state index >= 15 is 0 Å². The predicted molar refractivity (Wildman–Crippen MR) is 35.9 cm³/mol. The molecule has 1 atom stereocenters. The van der Waals surface area contributed by atoms with E-state index in [1.54, 1.807) is 0 Å². The molecular weight excluding hydrogens is 114 g/mol. The summed E-state index contributed by atoms with van der Waals surface area (Å²) in [5, 5.41) is 0. The van der Waals surface area contributed by atoms with E-state index in [0.717, 1.165) is 6.54 Å². The molecule has 2 nitrogen and oxygen atoms in total. The van der Waals surface area contributed by atoms with Crippen LogP contribution < -0.4 is 5.73 Å². The summed E-state index contributed by atoms with van der Waals surface area (Å²) in [4.78, 5) is 0. The van der Waals surface area contributed by atoms with Crippen molar-refractivity contribution >= 4 is 0 Å². The largest absolute Gasteiger partial charge is 0.366 e. The van der Waals surface area contributed by atoms with Gasteiger partial charge in [0.25, 0.3) is 0 Å². The van der Waals surface area contributed by atoms with E-state index < -0.39 is 0 Å². The molecule has 0 aromatic carbocycles. The van der Waals surface area contributed by atoms with Gasteiger partial charge in [0.2, 0.25) is 0 Å². The van der Waals surface area contributed by atoms with Crippen LogP contribution in [0.3, 0.4) is 0 Å². The van der Waals surface area contributed by atoms with E-state index in [0.29, 0.717) is 6.10 Å². The molecule has 0 aliphatic carbocycles. The van der Waals surface area contributed by atoms with E-state index in [-0.39, 0.29) is 5.60 Å². The minimum atomic E-state index is 0.127. The van der Waals surface area contributed by atoms with E-state index in [1.807, 2.05) is 0 Å². The van der Waals surface area contributed by atoms with Crippen LogP contribution in [0.15, 0.2) is 0 Å². The van der Waals surface area contributed by atoms with Crippen molar-refractivity contribution in [3.05, 3.63) is 0 Å². The SMILES string of the molecule is CC1(C)CCC(C[NH3+])O1. The van der Waals surface area contributed by atoms with Gasteiger partial charge in [0.05, 0.1) is 5.60 Å². The van der Waals surface area contributed by atoms with Crippen molar-refractivity contribution in [1.82, 2.24) is 0 Å². The first-order valence-electron chi connectivity index (χ1n) is 3.61. The van der Waals surface area contributed by atoms with Crippen molar-refractivity contribution in [2.45, 2.75) is 38.4 Å². The van der Waals surface area contributed by atoms with Gasteiger partial charge in [0.15, 0.2) is 0 Å². The second-order valence-electron chi connectivity index (χ2n) is 3.33. The van der Waals surface area contributed by atoms with Crippen molar-refractivity contribution in [2.75, 3.05) is 6.54 Å². The molecule has 3 N–H and O–H groups in total. The summed E-state index contributed by atoms with van der Waals surface area (Å²) < 4.78 is 5.64. The van der Waals surface area contributed by atoms with Crippen LogP contribution in [0.5, 0.6) is 0 Å². The summed E-state index contributed by atoms with van der Waals surface area (Å²) >= 11 is 0. The third-order valence-corrected chi connectivity index (χ3v) is 1.88. The van der Waals surface area contributed by atoms with Crippen LogP contribution in [0, 0.1) is 0 Å². The highest BCUT2D eigenvalue weighted by Crippen LogP contribution is 2.28. The first-order valence-corrected chi connectivity index (χ1v) is 3.61. The van der Waals surface area contributed by atoms with Crippen molar-refractivity contribution < 1.29 is 10.5 Å². The molecule has 1 heterocycles. The zero-order chi connectivity index (χ0) is 6.91. The van der Waals surface area contributed by atoms with Crippen LogP contribution >= 0.6 is 0 Å². The number of rotatable bonds is 1. The van der Waals surface area contributed by atoms with Crippen molar-refractivity contribution in [3.8, 4) is 0 Å². The van der Waals surface area contributed by atoms with E-state index in [1.165, 1.54) is 12.8 Å². The monoisotopic (exact) mass is 130 g/mol. The Bertz CT molecular complexity index is 101. The molecule has 1 rings (SSSR count). The lowest BCUT2D eigenvalue weighted by Crippen LogP contribution is -2.55. The fraction of sp³-hybridized carbons (Fsp3) is 1.00. The summed E-state index contributed by atoms with van der Waals surface area (Å²) in [6.07, 6.45) is 2.81. The number of ether oxygens (including phenoxy) is 1. The Hall–Kier alpha value is -0.0800. The van der Waals surface area contributed by atoms with Gasteiger partial charge in [0, 0.05) is 0 Å². The highest BCUT2D eigenvalue weighted by Gasteiger charge is 2.31. The molecule has 1 aliphatic rings. The molecule has 0 radical (unpaired) electrons. The zero-order valence-electron chi connectivity index (χ0n) is 6.31. The number of hydrogen-bond donors (Lipinski definition) is 1. The van der Waals surface area contributed by atoms with Gasteiger partial charge in [-0.05, 0) is 26.7 Å². The minimum absolute atomic E-state index is 0.127. The molecule has 0 bridgehead atoms. The Balaban J connectivity index is 2.38. The fourth-order valence-electron chi connectivity index (χ4n) is 1.28. The number of quaternary nitrogens is 1. The minimum Gasteiger partial charge on any atom is -0.366 e. The lowest BCUT2D eigenvalue weighted by molar-refractivity contribution is -0.386. The molecule has 0 spiro atoms. The molecule has 2 heteroatoms. The summed E-state index contributed by atoms with van der Waals surface area (Å²) in [5.41, 5.74) is 3.94. The Morgan fingerprint density at radius 1 is 1.67 bits per heavy atom. The topological polar surface area (TPSA) is 36.9 Å². The molecule has 9 heavy (non-hydrogen) atoms. The van der Waals surface area contributed by atoms with Gasteiger partial charge in [-0.2, -0.15) is 0 Å². The summed E-state index contributed by atoms with van der Waals surface area (Å²) in [6.45, 7) is 5.20. The van der Waals surface area contributed by atoms with Gasteiger partial charge in [-0.1, -0.05) is 0 Å². The molecule has 1 aliphatic heterocycles. The smallest absolute Gasteiger partial charge is 0.107 e. The number of hydrogen-bond acceptors (Lipinski definition) is 1. The Kier molecular flexibility index (Phi) is 1.78. The maximum atomic E-state index is 5.64. The van der Waals surface area contributed by atoms with Gasteiger partial charge >= 0.3 is 0 Å². The van der Waals surface area contributed by atoms with Gasteiger partial charge in [-0.3, -0.25) is 0 Å². The molecule has 0 saturated carbocycles. The standard InChI is InChI=1S/C7H15NO/c1-7(2)4-3-6(5-8)9-7/h6H,3-5,8H2,1-2H3/p+1. The van der Waals surface area contributed by atoms with Crippen LogP contribution in [0.25, 0.3) is 0 Å². The van der Waals surface area contributed by atoms with Crippen molar-refractivity contribution in [3.63, 3.8) is 0 Å². The van der Waals surface area contributed by atoms with Crippen LogP contribution in [0.2, 0.25) is 0 Å². The first-order chi connectivity index (χ1) is 4.14. The lowest BCUT2D eigenvalue weighted by atomic mass is 10.1. The van der Waals surface area contributed by atoms with Crippen LogP contribution in [0.4, 0.5) is 0 Å². The fourth-order valence-corrected chi connectivity index (χ4v) is 1.28. The average Bonchev–Trinajstić information content (AvgIpc) is 2.10. The van der Waals surface area contributed by atoms with Gasteiger partial charge in [-0.15, -0.1) is 0 Å². The second kappa shape index (κ2) is 2.27. The van der Waals surface area contributed by atoms with Crippen LogP contribution in [-0.2, 0) is 4.74 Å². The molecule has 1 unspecified atom stereocenters. The third-order valence-electron chi connectivity index (χ3n) is 1.88. The highest BCUT2D eigenvalue weighted by atomic mass is 16.5. The molecule has 54 valence electrons. The quantitative estimate of drug-likeness (QED) is 0.540. The maximum absolute atomic E-state index is 5.64. The zero-order valence-corrected chi connectivity index (χ0v) is 6.31. The first kappa shape index (κ1) is 7.03. The van der Waals surface area contributed by atoms with E-state index in [4.69, 9.17) is 4.74 Å². The van der Waals surface area contributed by atoms with E-state index in [2.05, 4.69) is 19.6 Å². The predicted octanol–water partition coefficient (Wildman–Crippen LogP) is 0.186. The normalized spacial score (nSPS) is 33.0. The summed E-state index contributed by atoms with van der Waals surface area (Å²) in [6, 6.07) is 0. The summed E-state index contributed by atoms with van der Waals surface area (Å²) in [5.74, 6) is 0. The molecule has 1 saturated heterocycles. The molecule has 0 aromatic rings. The van der Waals surface area contributed by atoms with Crippen molar-refractivity contribution in [2.24, 2.45) is 0 Å². The molecule has 1 fully saturated rings. The van der Waals surface area contributed by atoms with Gasteiger partial charge < -0.3 is 10.5 Å². The van der Waals surface area contributed by atoms with Crippen LogP contribution in [-0.4, -0.2) is 18.2 Å². The van der Waals surface area contributed by atoms with Crippen molar-refractivity contribution in [1.29, 1.82) is 0 Å². The molecule has 0 aromatic heterocycles. The van der Waals surface area contributed by atoms with E-state index in [9.17, 15) is 0 Å². The second-order valence-corrected chi connectivity index (χ2v) is 3.33. The maximum Gasteiger partial charge on any atom is 0.107 e. The van der Waals surface area contributed by atoms with Gasteiger partial charge in [-0.25, -0.2) is 0 Å². The third kappa shape index (κ3) is 1.66. The van der Waals surface area contributed by atoms with Gasteiger partial charge in [0.1, 0.15) is 12.6 Å². The Labute approximate surface area is 56.4 Å². The average molecular weight is 130 g/mol. The Morgan fingerprint density at radius 2 is 2.33 bits per heavy atom. The summed E-state index contributed by atoms with van der Waals surface area (Å²) in [7, 11) is 0. The van der Waals surface area contributed by atoms with Crippen LogP contribution in [0.1, 0.15) is 26.7 Å². The molecule has 0 amide bonds. The molecular formula is C7H16NO+. The Morgan fingerprint density at radius 3 is 2.56 bits per heavy atom.